The minimum Gasteiger partial charge on any atom is -0.375 e. The van der Waals surface area contributed by atoms with Crippen LogP contribution in [0.25, 0.3) is 0 Å². The number of carbonyl (C=O) groups excluding carboxylic acids is 1. The number of nitrogens with zero attached hydrogens (tertiary/aromatic N) is 3. The number of amides is 1. The highest BCUT2D eigenvalue weighted by Crippen LogP contribution is 2.16. The first-order chi connectivity index (χ1) is 10.5. The van der Waals surface area contributed by atoms with Crippen molar-refractivity contribution in [2.24, 2.45) is 0 Å². The third kappa shape index (κ3) is 4.31. The summed E-state index contributed by atoms with van der Waals surface area (Å²) >= 11 is 0. The van der Waals surface area contributed by atoms with Gasteiger partial charge in [-0.2, -0.15) is 0 Å². The summed E-state index contributed by atoms with van der Waals surface area (Å²) in [5.74, 6) is 0.994. The molecule has 1 unspecified atom stereocenters. The summed E-state index contributed by atoms with van der Waals surface area (Å²) in [6.45, 7) is 7.39. The second-order valence-corrected chi connectivity index (χ2v) is 5.98. The largest absolute Gasteiger partial charge is 0.375 e. The van der Waals surface area contributed by atoms with Gasteiger partial charge in [0.2, 0.25) is 5.91 Å². The van der Waals surface area contributed by atoms with Crippen molar-refractivity contribution in [3.63, 3.8) is 0 Å². The van der Waals surface area contributed by atoms with E-state index in [9.17, 15) is 4.79 Å². The van der Waals surface area contributed by atoms with E-state index in [4.69, 9.17) is 4.74 Å². The number of carbonyl (C=O) groups is 1. The number of pyridine rings is 1. The van der Waals surface area contributed by atoms with Crippen LogP contribution in [0.5, 0.6) is 0 Å². The van der Waals surface area contributed by atoms with Crippen molar-refractivity contribution in [2.45, 2.75) is 25.9 Å². The average molecular weight is 303 g/mol. The van der Waals surface area contributed by atoms with Crippen molar-refractivity contribution < 1.29 is 9.53 Å². The summed E-state index contributed by atoms with van der Waals surface area (Å²) in [7, 11) is 3.97. The third-order valence-electron chi connectivity index (χ3n) is 3.81. The summed E-state index contributed by atoms with van der Waals surface area (Å²) < 4.78 is 5.79. The van der Waals surface area contributed by atoms with Crippen LogP contribution in [0.15, 0.2) is 30.5 Å². The molecule has 1 aliphatic rings. The van der Waals surface area contributed by atoms with Gasteiger partial charge in [-0.25, -0.2) is 4.98 Å². The normalized spacial score (nSPS) is 18.1. The van der Waals surface area contributed by atoms with E-state index in [0.29, 0.717) is 25.3 Å². The van der Waals surface area contributed by atoms with Gasteiger partial charge in [0, 0.05) is 39.0 Å². The quantitative estimate of drug-likeness (QED) is 0.779. The van der Waals surface area contributed by atoms with Gasteiger partial charge in [-0.05, 0) is 37.5 Å². The zero-order chi connectivity index (χ0) is 16.1. The fourth-order valence-electron chi connectivity index (χ4n) is 2.54. The van der Waals surface area contributed by atoms with Crippen LogP contribution < -0.4 is 4.90 Å². The van der Waals surface area contributed by atoms with Gasteiger partial charge in [0.25, 0.3) is 0 Å². The summed E-state index contributed by atoms with van der Waals surface area (Å²) in [4.78, 5) is 20.2. The highest BCUT2D eigenvalue weighted by molar-refractivity contribution is 5.92. The van der Waals surface area contributed by atoms with Crippen molar-refractivity contribution in [2.75, 3.05) is 38.7 Å². The highest BCUT2D eigenvalue weighted by atomic mass is 16.5. The van der Waals surface area contributed by atoms with E-state index in [-0.39, 0.29) is 12.0 Å². The zero-order valence-corrected chi connectivity index (χ0v) is 13.7. The lowest BCUT2D eigenvalue weighted by atomic mass is 10.1. The van der Waals surface area contributed by atoms with Gasteiger partial charge in [-0.15, -0.1) is 0 Å². The molecule has 5 nitrogen and oxygen atoms in total. The fraction of sp³-hybridized carbons (Fsp3) is 0.529. The second-order valence-electron chi connectivity index (χ2n) is 5.98. The van der Waals surface area contributed by atoms with Crippen molar-refractivity contribution in [3.8, 4) is 0 Å². The Morgan fingerprint density at radius 1 is 1.55 bits per heavy atom. The van der Waals surface area contributed by atoms with Crippen LogP contribution in [0.1, 0.15) is 18.9 Å². The molecular weight excluding hydrogens is 278 g/mol. The van der Waals surface area contributed by atoms with Gasteiger partial charge in [0.05, 0.1) is 12.7 Å². The molecule has 0 spiro atoms. The maximum Gasteiger partial charge on any atom is 0.249 e. The standard InChI is InChI=1S/C17H25N3O2/c1-13(2)17(21)20-9-10-22-15(12-20)6-5-14-7-8-18-16(11-14)19(3)4/h7-8,11,15H,1,5-6,9-10,12H2,2-4H3. The lowest BCUT2D eigenvalue weighted by Gasteiger charge is -2.33. The topological polar surface area (TPSA) is 45.7 Å². The van der Waals surface area contributed by atoms with Gasteiger partial charge in [0.1, 0.15) is 5.82 Å². The zero-order valence-electron chi connectivity index (χ0n) is 13.7. The highest BCUT2D eigenvalue weighted by Gasteiger charge is 2.24. The van der Waals surface area contributed by atoms with Crippen molar-refractivity contribution in [1.82, 2.24) is 9.88 Å². The number of rotatable bonds is 5. The Kier molecular flexibility index (Phi) is 5.55. The minimum atomic E-state index is 0.0344. The SMILES string of the molecule is C=C(C)C(=O)N1CCOC(CCc2ccnc(N(C)C)c2)C1. The number of aryl methyl sites for hydroxylation is 1. The fourth-order valence-corrected chi connectivity index (χ4v) is 2.54. The molecule has 1 aromatic heterocycles. The summed E-state index contributed by atoms with van der Waals surface area (Å²) in [5.41, 5.74) is 1.83. The first-order valence-corrected chi connectivity index (χ1v) is 7.66. The molecule has 0 aliphatic carbocycles. The van der Waals surface area contributed by atoms with Crippen LogP contribution in [0.3, 0.4) is 0 Å². The predicted octanol–water partition coefficient (Wildman–Crippen LogP) is 1.88. The van der Waals surface area contributed by atoms with E-state index < -0.39 is 0 Å². The Hall–Kier alpha value is -1.88. The smallest absolute Gasteiger partial charge is 0.249 e. The Morgan fingerprint density at radius 2 is 2.32 bits per heavy atom. The monoisotopic (exact) mass is 303 g/mol. The van der Waals surface area contributed by atoms with E-state index in [1.165, 1.54) is 5.56 Å². The van der Waals surface area contributed by atoms with E-state index in [1.54, 1.807) is 6.92 Å². The molecule has 1 amide bonds. The molecule has 1 atom stereocenters. The molecule has 0 N–H and O–H groups in total. The third-order valence-corrected chi connectivity index (χ3v) is 3.81. The van der Waals surface area contributed by atoms with E-state index >= 15 is 0 Å². The molecule has 1 fully saturated rings. The van der Waals surface area contributed by atoms with Crippen LogP contribution >= 0.6 is 0 Å². The van der Waals surface area contributed by atoms with Crippen LogP contribution in [0.4, 0.5) is 5.82 Å². The van der Waals surface area contributed by atoms with E-state index in [1.807, 2.05) is 36.2 Å². The second kappa shape index (κ2) is 7.40. The number of morpholine rings is 1. The summed E-state index contributed by atoms with van der Waals surface area (Å²) in [5, 5.41) is 0. The summed E-state index contributed by atoms with van der Waals surface area (Å²) in [6, 6.07) is 4.13. The molecule has 0 radical (unpaired) electrons. The average Bonchev–Trinajstić information content (AvgIpc) is 2.52. The van der Waals surface area contributed by atoms with Crippen LogP contribution in [-0.4, -0.2) is 55.7 Å². The molecule has 5 heteroatoms. The molecule has 22 heavy (non-hydrogen) atoms. The van der Waals surface area contributed by atoms with E-state index in [2.05, 4.69) is 17.6 Å². The predicted molar refractivity (Wildman–Crippen MR) is 88.0 cm³/mol. The molecule has 2 rings (SSSR count). The van der Waals surface area contributed by atoms with Crippen molar-refractivity contribution in [1.29, 1.82) is 0 Å². The molecule has 0 saturated carbocycles. The first-order valence-electron chi connectivity index (χ1n) is 7.66. The Balaban J connectivity index is 1.90. The molecule has 1 aliphatic heterocycles. The lowest BCUT2D eigenvalue weighted by molar-refractivity contribution is -0.134. The van der Waals surface area contributed by atoms with Gasteiger partial charge >= 0.3 is 0 Å². The Labute approximate surface area is 132 Å². The first kappa shape index (κ1) is 16.5. The Bertz CT molecular complexity index is 542. The molecule has 120 valence electrons. The lowest BCUT2D eigenvalue weighted by Crippen LogP contribution is -2.45. The number of hydrogen-bond acceptors (Lipinski definition) is 4. The molecule has 1 aromatic rings. The maximum absolute atomic E-state index is 12.0. The maximum atomic E-state index is 12.0. The van der Waals surface area contributed by atoms with Gasteiger partial charge in [-0.3, -0.25) is 4.79 Å². The molecule has 0 bridgehead atoms. The van der Waals surface area contributed by atoms with Crippen molar-refractivity contribution in [3.05, 3.63) is 36.0 Å². The minimum absolute atomic E-state index is 0.0344. The summed E-state index contributed by atoms with van der Waals surface area (Å²) in [6.07, 6.45) is 3.75. The number of ether oxygens (including phenoxy) is 1. The number of anilines is 1. The molecule has 0 aromatic carbocycles. The number of hydrogen-bond donors (Lipinski definition) is 0. The van der Waals surface area contributed by atoms with Crippen LogP contribution in [0, 0.1) is 0 Å². The van der Waals surface area contributed by atoms with Gasteiger partial charge in [0.15, 0.2) is 0 Å². The van der Waals surface area contributed by atoms with E-state index in [0.717, 1.165) is 18.7 Å². The van der Waals surface area contributed by atoms with Crippen LogP contribution in [-0.2, 0) is 16.0 Å². The number of aromatic nitrogens is 1. The van der Waals surface area contributed by atoms with Crippen LogP contribution in [0.2, 0.25) is 0 Å². The molecular formula is C17H25N3O2. The van der Waals surface area contributed by atoms with Gasteiger partial charge < -0.3 is 14.5 Å². The molecule has 1 saturated heterocycles. The Morgan fingerprint density at radius 3 is 3.00 bits per heavy atom. The van der Waals surface area contributed by atoms with Gasteiger partial charge in [-0.1, -0.05) is 6.58 Å². The van der Waals surface area contributed by atoms with Crippen molar-refractivity contribution >= 4 is 11.7 Å². The molecule has 2 heterocycles.